The van der Waals surface area contributed by atoms with Gasteiger partial charge in [0, 0.05) is 17.3 Å². The molecule has 0 aliphatic rings. The fraction of sp³-hybridized carbons (Fsp3) is 0.267. The number of aromatic nitrogens is 2. The zero-order valence-corrected chi connectivity index (χ0v) is 12.8. The molecule has 0 aliphatic carbocycles. The molecular weight excluding hydrogens is 290 g/mol. The highest BCUT2D eigenvalue weighted by atomic mass is 35.5. The van der Waals surface area contributed by atoms with Gasteiger partial charge in [0.2, 0.25) is 5.91 Å². The zero-order chi connectivity index (χ0) is 15.6. The number of H-pyrrole nitrogens is 1. The van der Waals surface area contributed by atoms with Gasteiger partial charge < -0.3 is 5.32 Å². The molecule has 0 saturated heterocycles. The van der Waals surface area contributed by atoms with Crippen molar-refractivity contribution in [2.45, 2.75) is 25.6 Å². The fourth-order valence-corrected chi connectivity index (χ4v) is 1.83. The number of nitrogens with zero attached hydrogens (tertiary/aromatic N) is 1. The average molecular weight is 306 g/mol. The standard InChI is InChI=1S/C15H16ClN3O2/c1-9-8-12(20)18-19-13(9)10-4-6-11(7-5-10)17-14(21)15(2,3)16/h4-8H,1-3H3,(H,17,21)(H,18,20). The van der Waals surface area contributed by atoms with Crippen molar-refractivity contribution in [1.29, 1.82) is 0 Å². The summed E-state index contributed by atoms with van der Waals surface area (Å²) >= 11 is 5.94. The summed E-state index contributed by atoms with van der Waals surface area (Å²) in [5.74, 6) is -0.268. The molecule has 1 amide bonds. The summed E-state index contributed by atoms with van der Waals surface area (Å²) in [5.41, 5.74) is 2.76. The van der Waals surface area contributed by atoms with Gasteiger partial charge in [0.05, 0.1) is 5.69 Å². The number of alkyl halides is 1. The van der Waals surface area contributed by atoms with E-state index >= 15 is 0 Å². The van der Waals surface area contributed by atoms with E-state index in [0.29, 0.717) is 11.4 Å². The number of aryl methyl sites for hydroxylation is 1. The van der Waals surface area contributed by atoms with E-state index in [-0.39, 0.29) is 11.5 Å². The monoisotopic (exact) mass is 305 g/mol. The van der Waals surface area contributed by atoms with Crippen molar-refractivity contribution in [3.05, 3.63) is 46.2 Å². The van der Waals surface area contributed by atoms with Gasteiger partial charge in [-0.05, 0) is 38.5 Å². The number of aromatic amines is 1. The quantitative estimate of drug-likeness (QED) is 0.856. The molecule has 5 nitrogen and oxygen atoms in total. The second kappa shape index (κ2) is 5.69. The Morgan fingerprint density at radius 2 is 1.90 bits per heavy atom. The molecule has 1 aromatic carbocycles. The van der Waals surface area contributed by atoms with Crippen LogP contribution in [0.15, 0.2) is 35.1 Å². The van der Waals surface area contributed by atoms with Gasteiger partial charge in [0.1, 0.15) is 4.87 Å². The maximum absolute atomic E-state index is 11.8. The lowest BCUT2D eigenvalue weighted by Crippen LogP contribution is -2.31. The van der Waals surface area contributed by atoms with Crippen LogP contribution in [0.1, 0.15) is 19.4 Å². The molecule has 1 heterocycles. The molecular formula is C15H16ClN3O2. The number of anilines is 1. The number of amides is 1. The van der Waals surface area contributed by atoms with Gasteiger partial charge in [0.25, 0.3) is 5.56 Å². The van der Waals surface area contributed by atoms with Gasteiger partial charge in [0.15, 0.2) is 0 Å². The third-order valence-electron chi connectivity index (χ3n) is 2.96. The Kier molecular flexibility index (Phi) is 4.14. The molecule has 110 valence electrons. The summed E-state index contributed by atoms with van der Waals surface area (Å²) in [6, 6.07) is 8.67. The second-order valence-electron chi connectivity index (χ2n) is 5.27. The van der Waals surface area contributed by atoms with Crippen LogP contribution in [0.4, 0.5) is 5.69 Å². The highest BCUT2D eigenvalue weighted by Gasteiger charge is 2.24. The number of rotatable bonds is 3. The Morgan fingerprint density at radius 3 is 2.43 bits per heavy atom. The van der Waals surface area contributed by atoms with Crippen LogP contribution in [0, 0.1) is 6.92 Å². The second-order valence-corrected chi connectivity index (χ2v) is 6.21. The number of benzene rings is 1. The largest absolute Gasteiger partial charge is 0.325 e. The van der Waals surface area contributed by atoms with Crippen molar-refractivity contribution in [3.8, 4) is 11.3 Å². The van der Waals surface area contributed by atoms with Crippen LogP contribution in [0.25, 0.3) is 11.3 Å². The van der Waals surface area contributed by atoms with E-state index in [9.17, 15) is 9.59 Å². The number of carbonyl (C=O) groups is 1. The molecule has 0 unspecified atom stereocenters. The van der Waals surface area contributed by atoms with E-state index < -0.39 is 4.87 Å². The van der Waals surface area contributed by atoms with E-state index in [2.05, 4.69) is 15.5 Å². The maximum atomic E-state index is 11.8. The Bertz CT molecular complexity index is 715. The summed E-state index contributed by atoms with van der Waals surface area (Å²) in [6.45, 7) is 5.08. The lowest BCUT2D eigenvalue weighted by atomic mass is 10.1. The first-order valence-corrected chi connectivity index (χ1v) is 6.82. The lowest BCUT2D eigenvalue weighted by Gasteiger charge is -2.15. The Hall–Kier alpha value is -2.14. The van der Waals surface area contributed by atoms with Gasteiger partial charge >= 0.3 is 0 Å². The van der Waals surface area contributed by atoms with Crippen LogP contribution >= 0.6 is 11.6 Å². The van der Waals surface area contributed by atoms with Crippen molar-refractivity contribution in [2.24, 2.45) is 0 Å². The van der Waals surface area contributed by atoms with Gasteiger partial charge in [-0.15, -0.1) is 11.6 Å². The van der Waals surface area contributed by atoms with Crippen molar-refractivity contribution >= 4 is 23.2 Å². The summed E-state index contributed by atoms with van der Waals surface area (Å²) in [7, 11) is 0. The van der Waals surface area contributed by atoms with E-state index in [4.69, 9.17) is 11.6 Å². The maximum Gasteiger partial charge on any atom is 0.264 e. The first-order valence-electron chi connectivity index (χ1n) is 6.44. The van der Waals surface area contributed by atoms with Crippen LogP contribution in [-0.2, 0) is 4.79 Å². The fourth-order valence-electron chi connectivity index (χ4n) is 1.78. The van der Waals surface area contributed by atoms with Crippen molar-refractivity contribution < 1.29 is 4.79 Å². The molecule has 6 heteroatoms. The minimum Gasteiger partial charge on any atom is -0.325 e. The van der Waals surface area contributed by atoms with E-state index in [1.807, 2.05) is 19.1 Å². The molecule has 0 bridgehead atoms. The van der Waals surface area contributed by atoms with Gasteiger partial charge in [-0.2, -0.15) is 5.10 Å². The van der Waals surface area contributed by atoms with Crippen LogP contribution < -0.4 is 10.9 Å². The van der Waals surface area contributed by atoms with E-state index in [0.717, 1.165) is 11.1 Å². The molecule has 0 spiro atoms. The Morgan fingerprint density at radius 1 is 1.29 bits per heavy atom. The predicted molar refractivity (Wildman–Crippen MR) is 83.6 cm³/mol. The van der Waals surface area contributed by atoms with E-state index in [1.54, 1.807) is 26.0 Å². The summed E-state index contributed by atoms with van der Waals surface area (Å²) in [4.78, 5) is 22.0. The molecule has 2 rings (SSSR count). The Labute approximate surface area is 127 Å². The molecule has 0 radical (unpaired) electrons. The van der Waals surface area contributed by atoms with E-state index in [1.165, 1.54) is 6.07 Å². The zero-order valence-electron chi connectivity index (χ0n) is 12.0. The number of nitrogens with one attached hydrogen (secondary N) is 2. The topological polar surface area (TPSA) is 74.8 Å². The van der Waals surface area contributed by atoms with Crippen molar-refractivity contribution in [2.75, 3.05) is 5.32 Å². The molecule has 0 saturated carbocycles. The average Bonchev–Trinajstić information content (AvgIpc) is 2.39. The van der Waals surface area contributed by atoms with Crippen LogP contribution in [0.3, 0.4) is 0 Å². The third kappa shape index (κ3) is 3.70. The van der Waals surface area contributed by atoms with Crippen molar-refractivity contribution in [1.82, 2.24) is 10.2 Å². The van der Waals surface area contributed by atoms with Crippen LogP contribution in [0.2, 0.25) is 0 Å². The number of carbonyl (C=O) groups excluding carboxylic acids is 1. The molecule has 21 heavy (non-hydrogen) atoms. The number of hydrogen-bond donors (Lipinski definition) is 2. The highest BCUT2D eigenvalue weighted by Crippen LogP contribution is 2.22. The van der Waals surface area contributed by atoms with Gasteiger partial charge in [-0.25, -0.2) is 5.10 Å². The molecule has 0 atom stereocenters. The lowest BCUT2D eigenvalue weighted by molar-refractivity contribution is -0.117. The minimum absolute atomic E-state index is 0.232. The van der Waals surface area contributed by atoms with Crippen LogP contribution in [0.5, 0.6) is 0 Å². The normalized spacial score (nSPS) is 11.2. The first-order chi connectivity index (χ1) is 9.77. The van der Waals surface area contributed by atoms with Crippen molar-refractivity contribution in [3.63, 3.8) is 0 Å². The van der Waals surface area contributed by atoms with Gasteiger partial charge in [-0.1, -0.05) is 12.1 Å². The molecule has 0 fully saturated rings. The summed E-state index contributed by atoms with van der Waals surface area (Å²) < 4.78 is 0. The molecule has 0 aliphatic heterocycles. The number of halogens is 1. The first kappa shape index (κ1) is 15.3. The third-order valence-corrected chi connectivity index (χ3v) is 3.13. The summed E-state index contributed by atoms with van der Waals surface area (Å²) in [6.07, 6.45) is 0. The van der Waals surface area contributed by atoms with Gasteiger partial charge in [-0.3, -0.25) is 9.59 Å². The smallest absolute Gasteiger partial charge is 0.264 e. The summed E-state index contributed by atoms with van der Waals surface area (Å²) in [5, 5.41) is 9.18. The highest BCUT2D eigenvalue weighted by molar-refractivity contribution is 6.36. The minimum atomic E-state index is -0.963. The predicted octanol–water partition coefficient (Wildman–Crippen LogP) is 2.70. The Balaban J connectivity index is 2.23. The SMILES string of the molecule is Cc1cc(=O)[nH]nc1-c1ccc(NC(=O)C(C)(C)Cl)cc1. The molecule has 2 N–H and O–H groups in total. The van der Waals surface area contributed by atoms with Crippen LogP contribution in [-0.4, -0.2) is 21.0 Å². The number of hydrogen-bond acceptors (Lipinski definition) is 3. The molecule has 1 aromatic heterocycles. The molecule has 2 aromatic rings.